The summed E-state index contributed by atoms with van der Waals surface area (Å²) in [7, 11) is 1.56. The number of methoxy groups -OCH3 is 1. The molecule has 10 nitrogen and oxygen atoms in total. The van der Waals surface area contributed by atoms with Gasteiger partial charge in [0, 0.05) is 43.8 Å². The molecule has 1 aliphatic rings. The lowest BCUT2D eigenvalue weighted by Gasteiger charge is -2.12. The van der Waals surface area contributed by atoms with Gasteiger partial charge in [0.05, 0.1) is 23.6 Å². The number of aromatic nitrogens is 2. The Morgan fingerprint density at radius 3 is 2.67 bits per heavy atom. The van der Waals surface area contributed by atoms with E-state index in [1.54, 1.807) is 37.4 Å². The van der Waals surface area contributed by atoms with Gasteiger partial charge in [0.15, 0.2) is 0 Å². The molecule has 0 saturated carbocycles. The maximum absolute atomic E-state index is 14.9. The van der Waals surface area contributed by atoms with Gasteiger partial charge in [-0.3, -0.25) is 9.59 Å². The molecule has 1 atom stereocenters. The van der Waals surface area contributed by atoms with Crippen molar-refractivity contribution in [2.24, 2.45) is 0 Å². The lowest BCUT2D eigenvalue weighted by molar-refractivity contribution is -0.127. The van der Waals surface area contributed by atoms with Crippen LogP contribution < -0.4 is 20.7 Å². The van der Waals surface area contributed by atoms with Gasteiger partial charge in [-0.25, -0.2) is 14.4 Å². The van der Waals surface area contributed by atoms with Crippen LogP contribution in [0.5, 0.6) is 5.75 Å². The van der Waals surface area contributed by atoms with E-state index < -0.39 is 11.7 Å². The maximum Gasteiger partial charge on any atom is 0.233 e. The number of fused-ring (bicyclic) bond motifs is 1. The van der Waals surface area contributed by atoms with Gasteiger partial charge in [-0.1, -0.05) is 0 Å². The number of hydrogen-bond acceptors (Lipinski definition) is 8. The van der Waals surface area contributed by atoms with Crippen LogP contribution in [0, 0.1) is 5.82 Å². The van der Waals surface area contributed by atoms with Gasteiger partial charge in [0.25, 0.3) is 0 Å². The summed E-state index contributed by atoms with van der Waals surface area (Å²) in [5.41, 5.74) is 1.54. The topological polar surface area (TPSA) is 124 Å². The number of ether oxygens (including phenoxy) is 3. The summed E-state index contributed by atoms with van der Waals surface area (Å²) in [5, 5.41) is 8.71. The number of carbonyl (C=O) groups excluding carboxylic acids is 2. The van der Waals surface area contributed by atoms with Gasteiger partial charge < -0.3 is 30.2 Å². The molecular formula is C25H28FN5O5. The zero-order valence-corrected chi connectivity index (χ0v) is 19.9. The molecule has 36 heavy (non-hydrogen) atoms. The maximum atomic E-state index is 14.9. The predicted molar refractivity (Wildman–Crippen MR) is 132 cm³/mol. The summed E-state index contributed by atoms with van der Waals surface area (Å²) in [6.07, 6.45) is 2.97. The van der Waals surface area contributed by atoms with E-state index in [0.717, 1.165) is 12.8 Å². The van der Waals surface area contributed by atoms with Gasteiger partial charge in [0.2, 0.25) is 11.8 Å². The molecule has 4 rings (SSSR count). The first-order chi connectivity index (χ1) is 17.5. The average Bonchev–Trinajstić information content (AvgIpc) is 3.38. The van der Waals surface area contributed by atoms with E-state index in [-0.39, 0.29) is 23.8 Å². The second-order valence-corrected chi connectivity index (χ2v) is 8.23. The van der Waals surface area contributed by atoms with Crippen LogP contribution in [0.25, 0.3) is 10.9 Å². The van der Waals surface area contributed by atoms with Crippen molar-refractivity contribution in [2.45, 2.75) is 25.4 Å². The Morgan fingerprint density at radius 2 is 1.92 bits per heavy atom. The minimum absolute atomic E-state index is 0.0221. The molecule has 190 valence electrons. The van der Waals surface area contributed by atoms with E-state index in [1.807, 2.05) is 0 Å². The Bertz CT molecular complexity index is 1200. The van der Waals surface area contributed by atoms with Gasteiger partial charge in [0.1, 0.15) is 36.7 Å². The Balaban J connectivity index is 1.34. The highest BCUT2D eigenvalue weighted by Gasteiger charge is 2.17. The molecule has 1 saturated heterocycles. The second-order valence-electron chi connectivity index (χ2n) is 8.23. The number of amides is 2. The van der Waals surface area contributed by atoms with Crippen LogP contribution in [0.1, 0.15) is 19.3 Å². The molecule has 2 heterocycles. The Hall–Kier alpha value is -3.83. The summed E-state index contributed by atoms with van der Waals surface area (Å²) >= 11 is 0. The summed E-state index contributed by atoms with van der Waals surface area (Å²) in [6.45, 7) is 1.79. The molecule has 1 fully saturated rings. The van der Waals surface area contributed by atoms with Crippen LogP contribution in [0.2, 0.25) is 0 Å². The second kappa shape index (κ2) is 12.2. The van der Waals surface area contributed by atoms with Crippen LogP contribution in [0.3, 0.4) is 0 Å². The highest BCUT2D eigenvalue weighted by atomic mass is 19.1. The smallest absolute Gasteiger partial charge is 0.233 e. The van der Waals surface area contributed by atoms with Crippen molar-refractivity contribution >= 4 is 39.9 Å². The zero-order valence-electron chi connectivity index (χ0n) is 19.9. The van der Waals surface area contributed by atoms with Crippen molar-refractivity contribution in [3.05, 3.63) is 48.5 Å². The first kappa shape index (κ1) is 25.3. The highest BCUT2D eigenvalue weighted by Crippen LogP contribution is 2.29. The lowest BCUT2D eigenvalue weighted by Crippen LogP contribution is -2.34. The molecule has 3 aromatic rings. The van der Waals surface area contributed by atoms with Gasteiger partial charge in [-0.15, -0.1) is 0 Å². The molecule has 0 spiro atoms. The molecule has 0 aliphatic carbocycles. The van der Waals surface area contributed by atoms with Crippen LogP contribution in [0.15, 0.2) is 42.7 Å². The van der Waals surface area contributed by atoms with E-state index in [9.17, 15) is 14.0 Å². The van der Waals surface area contributed by atoms with Crippen LogP contribution >= 0.6 is 0 Å². The molecule has 0 bridgehead atoms. The normalized spacial score (nSPS) is 15.0. The van der Waals surface area contributed by atoms with E-state index in [0.29, 0.717) is 54.8 Å². The van der Waals surface area contributed by atoms with Crippen molar-refractivity contribution in [1.29, 1.82) is 0 Å². The first-order valence-electron chi connectivity index (χ1n) is 11.6. The molecule has 1 aliphatic heterocycles. The number of rotatable bonds is 11. The fourth-order valence-corrected chi connectivity index (χ4v) is 3.76. The monoisotopic (exact) mass is 497 g/mol. The van der Waals surface area contributed by atoms with E-state index in [2.05, 4.69) is 25.9 Å². The molecule has 11 heteroatoms. The van der Waals surface area contributed by atoms with Gasteiger partial charge >= 0.3 is 0 Å². The summed E-state index contributed by atoms with van der Waals surface area (Å²) in [4.78, 5) is 32.5. The minimum atomic E-state index is -0.523. The van der Waals surface area contributed by atoms with Crippen LogP contribution in [-0.4, -0.2) is 61.4 Å². The molecule has 0 unspecified atom stereocenters. The number of benzene rings is 2. The van der Waals surface area contributed by atoms with Crippen molar-refractivity contribution in [2.75, 3.05) is 44.1 Å². The van der Waals surface area contributed by atoms with E-state index in [1.165, 1.54) is 12.4 Å². The van der Waals surface area contributed by atoms with Crippen molar-refractivity contribution < 1.29 is 28.2 Å². The predicted octanol–water partition coefficient (Wildman–Crippen LogP) is 3.16. The molecule has 2 amide bonds. The Labute approximate surface area is 207 Å². The largest absolute Gasteiger partial charge is 0.491 e. The zero-order chi connectivity index (χ0) is 25.3. The fourth-order valence-electron chi connectivity index (χ4n) is 3.76. The fraction of sp³-hybridized carbons (Fsp3) is 0.360. The molecular weight excluding hydrogens is 469 g/mol. The standard InChI is InChI=1S/C25H28FN5O5/c1-34-9-10-36-19-11-20(26)24-21(12-19)28-15-29-25(24)31-17-6-4-16(5-7-17)30-23(33)13-22(32)27-14-18-3-2-8-35-18/h4-7,11-12,15,18H,2-3,8-10,13-14H2,1H3,(H,27,32)(H,30,33)(H,28,29,31)/t18-/m0/s1. The minimum Gasteiger partial charge on any atom is -0.491 e. The molecule has 2 aromatic carbocycles. The number of nitrogens with one attached hydrogen (secondary N) is 3. The lowest BCUT2D eigenvalue weighted by atomic mass is 10.2. The summed E-state index contributed by atoms with van der Waals surface area (Å²) in [6, 6.07) is 9.68. The van der Waals surface area contributed by atoms with Gasteiger partial charge in [-0.05, 0) is 37.1 Å². The van der Waals surface area contributed by atoms with E-state index in [4.69, 9.17) is 14.2 Å². The Morgan fingerprint density at radius 1 is 1.11 bits per heavy atom. The molecule has 0 radical (unpaired) electrons. The molecule has 1 aromatic heterocycles. The summed E-state index contributed by atoms with van der Waals surface area (Å²) < 4.78 is 30.7. The SMILES string of the molecule is COCCOc1cc(F)c2c(Nc3ccc(NC(=O)CC(=O)NC[C@@H]4CCCO4)cc3)ncnc2c1. The number of hydrogen-bond donors (Lipinski definition) is 3. The number of halogens is 1. The quantitative estimate of drug-likeness (QED) is 0.273. The van der Waals surface area contributed by atoms with Crippen molar-refractivity contribution in [3.8, 4) is 5.75 Å². The highest BCUT2D eigenvalue weighted by molar-refractivity contribution is 6.03. The van der Waals surface area contributed by atoms with Crippen molar-refractivity contribution in [3.63, 3.8) is 0 Å². The number of carbonyl (C=O) groups is 2. The third-order valence-corrected chi connectivity index (χ3v) is 5.52. The molecule has 3 N–H and O–H groups in total. The number of nitrogens with zero attached hydrogens (tertiary/aromatic N) is 2. The van der Waals surface area contributed by atoms with Crippen LogP contribution in [-0.2, 0) is 19.1 Å². The number of anilines is 3. The van der Waals surface area contributed by atoms with Crippen LogP contribution in [0.4, 0.5) is 21.6 Å². The third kappa shape index (κ3) is 6.86. The average molecular weight is 498 g/mol. The van der Waals surface area contributed by atoms with Crippen molar-refractivity contribution in [1.82, 2.24) is 15.3 Å². The first-order valence-corrected chi connectivity index (χ1v) is 11.6. The van der Waals surface area contributed by atoms with E-state index >= 15 is 0 Å². The summed E-state index contributed by atoms with van der Waals surface area (Å²) in [5.74, 6) is -0.660. The van der Waals surface area contributed by atoms with Gasteiger partial charge in [-0.2, -0.15) is 0 Å². The Kier molecular flexibility index (Phi) is 8.58. The third-order valence-electron chi connectivity index (χ3n) is 5.52.